The van der Waals surface area contributed by atoms with Gasteiger partial charge in [-0.15, -0.1) is 11.8 Å². The van der Waals surface area contributed by atoms with Gasteiger partial charge in [0.05, 0.1) is 17.3 Å². The molecule has 0 N–H and O–H groups in total. The van der Waals surface area contributed by atoms with Crippen LogP contribution in [0.4, 0.5) is 0 Å². The lowest BCUT2D eigenvalue weighted by Gasteiger charge is -2.12. The number of hydrogen-bond donors (Lipinski definition) is 0. The summed E-state index contributed by atoms with van der Waals surface area (Å²) in [5.41, 5.74) is 1.82. The molecular weight excluding hydrogens is 286 g/mol. The molecule has 1 rings (SSSR count). The largest absolute Gasteiger partial charge is 0.298 e. The third-order valence-electron chi connectivity index (χ3n) is 2.25. The van der Waals surface area contributed by atoms with Gasteiger partial charge in [0, 0.05) is 4.90 Å². The summed E-state index contributed by atoms with van der Waals surface area (Å²) in [6.07, 6.45) is 2.32. The van der Waals surface area contributed by atoms with Gasteiger partial charge in [-0.2, -0.15) is 5.26 Å². The van der Waals surface area contributed by atoms with E-state index in [2.05, 4.69) is 22.0 Å². The molecule has 0 radical (unpaired) electrons. The number of ketones is 1. The molecule has 4 heteroatoms. The number of halogens is 1. The Labute approximate surface area is 108 Å². The van der Waals surface area contributed by atoms with Gasteiger partial charge in [0.15, 0.2) is 0 Å². The van der Waals surface area contributed by atoms with E-state index in [4.69, 9.17) is 5.26 Å². The number of carbonyl (C=O) groups is 1. The summed E-state index contributed by atoms with van der Waals surface area (Å²) >= 11 is 4.98. The fourth-order valence-corrected chi connectivity index (χ4v) is 2.32. The average Bonchev–Trinajstić information content (AvgIpc) is 2.28. The zero-order valence-electron chi connectivity index (χ0n) is 9.16. The highest BCUT2D eigenvalue weighted by Crippen LogP contribution is 2.30. The van der Waals surface area contributed by atoms with E-state index in [1.807, 2.05) is 24.5 Å². The Kier molecular flexibility index (Phi) is 5.04. The molecule has 0 bridgehead atoms. The summed E-state index contributed by atoms with van der Waals surface area (Å²) in [7, 11) is 0. The van der Waals surface area contributed by atoms with Crippen molar-refractivity contribution in [2.45, 2.75) is 23.1 Å². The normalized spacial score (nSPS) is 11.9. The third kappa shape index (κ3) is 3.10. The Morgan fingerprint density at radius 1 is 1.62 bits per heavy atom. The van der Waals surface area contributed by atoms with E-state index in [1.165, 1.54) is 6.92 Å². The summed E-state index contributed by atoms with van der Waals surface area (Å²) in [5, 5.41) is 8.77. The minimum Gasteiger partial charge on any atom is -0.298 e. The van der Waals surface area contributed by atoms with Crippen LogP contribution in [0, 0.1) is 11.3 Å². The number of rotatable bonds is 4. The monoisotopic (exact) mass is 297 g/mol. The van der Waals surface area contributed by atoms with Crippen molar-refractivity contribution in [3.05, 3.63) is 29.3 Å². The minimum absolute atomic E-state index is 0.0519. The van der Waals surface area contributed by atoms with Crippen LogP contribution in [0.3, 0.4) is 0 Å². The second kappa shape index (κ2) is 6.07. The van der Waals surface area contributed by atoms with Crippen LogP contribution in [-0.2, 0) is 11.2 Å². The molecule has 0 spiro atoms. The standard InChI is InChI=1S/C12H12BrNOS/c1-8(15)12(13)11-4-3-10(16-2)7-9(11)5-6-14/h3-4,7,12H,5H2,1-2H3. The van der Waals surface area contributed by atoms with Crippen LogP contribution in [-0.4, -0.2) is 12.0 Å². The van der Waals surface area contributed by atoms with Crippen LogP contribution in [0.5, 0.6) is 0 Å². The Hall–Kier alpha value is -0.790. The molecule has 84 valence electrons. The molecule has 0 aliphatic rings. The summed E-state index contributed by atoms with van der Waals surface area (Å²) in [6, 6.07) is 7.99. The summed E-state index contributed by atoms with van der Waals surface area (Å²) < 4.78 is 0. The zero-order chi connectivity index (χ0) is 12.1. The summed E-state index contributed by atoms with van der Waals surface area (Å²) in [4.78, 5) is 12.1. The SMILES string of the molecule is CSc1ccc(C(Br)C(C)=O)c(CC#N)c1. The fourth-order valence-electron chi connectivity index (χ4n) is 1.41. The minimum atomic E-state index is -0.313. The molecule has 2 nitrogen and oxygen atoms in total. The van der Waals surface area contributed by atoms with Crippen LogP contribution in [0.1, 0.15) is 22.9 Å². The van der Waals surface area contributed by atoms with E-state index in [1.54, 1.807) is 11.8 Å². The second-order valence-electron chi connectivity index (χ2n) is 3.37. The van der Waals surface area contributed by atoms with Gasteiger partial charge in [0.2, 0.25) is 0 Å². The second-order valence-corrected chi connectivity index (χ2v) is 5.17. The molecule has 1 aromatic rings. The third-order valence-corrected chi connectivity index (χ3v) is 4.11. The molecule has 1 unspecified atom stereocenters. The molecule has 0 amide bonds. The van der Waals surface area contributed by atoms with Crippen LogP contribution in [0.25, 0.3) is 0 Å². The molecule has 0 saturated carbocycles. The first-order valence-electron chi connectivity index (χ1n) is 4.78. The number of alkyl halides is 1. The molecule has 0 saturated heterocycles. The first-order valence-corrected chi connectivity index (χ1v) is 6.92. The van der Waals surface area contributed by atoms with Crippen LogP contribution in [0.15, 0.2) is 23.1 Å². The first-order chi connectivity index (χ1) is 7.60. The van der Waals surface area contributed by atoms with Crippen molar-refractivity contribution in [2.24, 2.45) is 0 Å². The highest BCUT2D eigenvalue weighted by Gasteiger charge is 2.16. The Bertz CT molecular complexity index is 439. The van der Waals surface area contributed by atoms with Crippen molar-refractivity contribution in [3.63, 3.8) is 0 Å². The Morgan fingerprint density at radius 3 is 2.81 bits per heavy atom. The van der Waals surface area contributed by atoms with E-state index in [0.29, 0.717) is 6.42 Å². The lowest BCUT2D eigenvalue weighted by Crippen LogP contribution is -2.04. The number of thioether (sulfide) groups is 1. The molecule has 1 atom stereocenters. The van der Waals surface area contributed by atoms with Gasteiger partial charge >= 0.3 is 0 Å². The van der Waals surface area contributed by atoms with Crippen LogP contribution < -0.4 is 0 Å². The number of carbonyl (C=O) groups excluding carboxylic acids is 1. The van der Waals surface area contributed by atoms with Gasteiger partial charge in [-0.25, -0.2) is 0 Å². The molecule has 16 heavy (non-hydrogen) atoms. The highest BCUT2D eigenvalue weighted by molar-refractivity contribution is 9.09. The van der Waals surface area contributed by atoms with Gasteiger partial charge < -0.3 is 0 Å². The number of Topliss-reactive ketones (excluding diaryl/α,β-unsaturated/α-hetero) is 1. The van der Waals surface area contributed by atoms with Crippen molar-refractivity contribution in [1.29, 1.82) is 5.26 Å². The predicted molar refractivity (Wildman–Crippen MR) is 69.9 cm³/mol. The van der Waals surface area contributed by atoms with E-state index >= 15 is 0 Å². The van der Waals surface area contributed by atoms with Crippen LogP contribution >= 0.6 is 27.7 Å². The Morgan fingerprint density at radius 2 is 2.31 bits per heavy atom. The lowest BCUT2D eigenvalue weighted by molar-refractivity contribution is -0.116. The number of hydrogen-bond acceptors (Lipinski definition) is 3. The average molecular weight is 298 g/mol. The maximum atomic E-state index is 11.3. The first kappa shape index (κ1) is 13.3. The number of nitriles is 1. The van der Waals surface area contributed by atoms with E-state index in [9.17, 15) is 4.79 Å². The Balaban J connectivity index is 3.18. The molecule has 1 aromatic carbocycles. The summed E-state index contributed by atoms with van der Waals surface area (Å²) in [6.45, 7) is 1.54. The number of nitrogens with zero attached hydrogens (tertiary/aromatic N) is 1. The van der Waals surface area contributed by atoms with Crippen molar-refractivity contribution >= 4 is 33.5 Å². The molecule has 0 aliphatic heterocycles. The maximum absolute atomic E-state index is 11.3. The predicted octanol–water partition coefficient (Wildman–Crippen LogP) is 3.50. The zero-order valence-corrected chi connectivity index (χ0v) is 11.6. The van der Waals surface area contributed by atoms with Crippen molar-refractivity contribution in [3.8, 4) is 6.07 Å². The van der Waals surface area contributed by atoms with Crippen molar-refractivity contribution in [1.82, 2.24) is 0 Å². The van der Waals surface area contributed by atoms with Crippen LogP contribution in [0.2, 0.25) is 0 Å². The topological polar surface area (TPSA) is 40.9 Å². The maximum Gasteiger partial charge on any atom is 0.147 e. The van der Waals surface area contributed by atoms with Crippen molar-refractivity contribution in [2.75, 3.05) is 6.26 Å². The molecule has 0 aliphatic carbocycles. The van der Waals surface area contributed by atoms with Gasteiger partial charge in [-0.3, -0.25) is 4.79 Å². The molecule has 0 heterocycles. The number of benzene rings is 1. The van der Waals surface area contributed by atoms with Gasteiger partial charge in [-0.1, -0.05) is 22.0 Å². The molecule has 0 aromatic heterocycles. The van der Waals surface area contributed by atoms with Crippen molar-refractivity contribution < 1.29 is 4.79 Å². The van der Waals surface area contributed by atoms with E-state index in [0.717, 1.165) is 16.0 Å². The van der Waals surface area contributed by atoms with E-state index in [-0.39, 0.29) is 10.6 Å². The fraction of sp³-hybridized carbons (Fsp3) is 0.333. The smallest absolute Gasteiger partial charge is 0.147 e. The van der Waals surface area contributed by atoms with Gasteiger partial charge in [0.1, 0.15) is 5.78 Å². The quantitative estimate of drug-likeness (QED) is 0.631. The van der Waals surface area contributed by atoms with E-state index < -0.39 is 0 Å². The van der Waals surface area contributed by atoms with Gasteiger partial charge in [0.25, 0.3) is 0 Å². The molecule has 0 fully saturated rings. The highest BCUT2D eigenvalue weighted by atomic mass is 79.9. The lowest BCUT2D eigenvalue weighted by atomic mass is 10.0. The molecular formula is C12H12BrNOS. The van der Waals surface area contributed by atoms with Gasteiger partial charge in [-0.05, 0) is 36.4 Å². The summed E-state index contributed by atoms with van der Waals surface area (Å²) in [5.74, 6) is 0.0519.